The molecule has 4 atom stereocenters. The summed E-state index contributed by atoms with van der Waals surface area (Å²) in [5.74, 6) is 2.89. The van der Waals surface area contributed by atoms with Gasteiger partial charge in [0.2, 0.25) is 11.8 Å². The zero-order valence-electron chi connectivity index (χ0n) is 14.9. The van der Waals surface area contributed by atoms with Crippen LogP contribution in [0.5, 0.6) is 0 Å². The van der Waals surface area contributed by atoms with Gasteiger partial charge in [0, 0.05) is 38.6 Å². The number of carbonyl (C=O) groups is 2. The maximum absolute atomic E-state index is 12.6. The van der Waals surface area contributed by atoms with Gasteiger partial charge in [0.25, 0.3) is 0 Å². The number of carbonyl (C=O) groups excluding carboxylic acids is 2. The van der Waals surface area contributed by atoms with E-state index < -0.39 is 0 Å². The Hall–Kier alpha value is -1.10. The molecule has 2 bridgehead atoms. The normalized spacial score (nSPS) is 34.4. The lowest BCUT2D eigenvalue weighted by Crippen LogP contribution is -2.55. The Balaban J connectivity index is 1.22. The Labute approximate surface area is 145 Å². The molecular formula is C19H31N3O2. The smallest absolute Gasteiger partial charge is 0.237 e. The highest BCUT2D eigenvalue weighted by Gasteiger charge is 2.41. The van der Waals surface area contributed by atoms with Crippen molar-refractivity contribution >= 4 is 11.8 Å². The molecule has 4 rings (SSSR count). The van der Waals surface area contributed by atoms with Gasteiger partial charge >= 0.3 is 0 Å². The standard InChI is InChI=1S/C19H31N3O2/c1-13(19(24)20-17-4-5-17)21-6-8-22(9-7-21)18(23)12-16-11-14-2-3-15(16)10-14/h13-17H,2-12H2,1H3,(H,20,24)/t13-,14+,15+,16-/m1/s1. The molecule has 134 valence electrons. The van der Waals surface area contributed by atoms with E-state index >= 15 is 0 Å². The van der Waals surface area contributed by atoms with Gasteiger partial charge in [-0.05, 0) is 56.8 Å². The average Bonchev–Trinajstić information content (AvgIpc) is 3.16. The summed E-state index contributed by atoms with van der Waals surface area (Å²) in [4.78, 5) is 29.1. The Morgan fingerprint density at radius 3 is 2.38 bits per heavy atom. The first-order valence-corrected chi connectivity index (χ1v) is 9.92. The quantitative estimate of drug-likeness (QED) is 0.832. The summed E-state index contributed by atoms with van der Waals surface area (Å²) in [7, 11) is 0. The number of fused-ring (bicyclic) bond motifs is 2. The van der Waals surface area contributed by atoms with Crippen molar-refractivity contribution in [3.63, 3.8) is 0 Å². The zero-order chi connectivity index (χ0) is 16.7. The summed E-state index contributed by atoms with van der Waals surface area (Å²) >= 11 is 0. The lowest BCUT2D eigenvalue weighted by molar-refractivity contribution is -0.135. The molecule has 0 unspecified atom stereocenters. The van der Waals surface area contributed by atoms with Crippen molar-refractivity contribution in [2.45, 2.75) is 64.0 Å². The Bertz CT molecular complexity index is 497. The summed E-state index contributed by atoms with van der Waals surface area (Å²) in [6.07, 6.45) is 8.43. The van der Waals surface area contributed by atoms with E-state index in [-0.39, 0.29) is 11.9 Å². The average molecular weight is 333 g/mol. The van der Waals surface area contributed by atoms with Gasteiger partial charge in [-0.25, -0.2) is 0 Å². The molecule has 0 radical (unpaired) electrons. The fourth-order valence-electron chi connectivity index (χ4n) is 5.05. The van der Waals surface area contributed by atoms with Gasteiger partial charge in [-0.15, -0.1) is 0 Å². The molecule has 4 fully saturated rings. The largest absolute Gasteiger partial charge is 0.352 e. The van der Waals surface area contributed by atoms with E-state index in [9.17, 15) is 9.59 Å². The molecule has 0 aromatic carbocycles. The molecule has 3 saturated carbocycles. The summed E-state index contributed by atoms with van der Waals surface area (Å²) in [5, 5.41) is 3.09. The van der Waals surface area contributed by atoms with Crippen molar-refractivity contribution < 1.29 is 9.59 Å². The Morgan fingerprint density at radius 1 is 1.04 bits per heavy atom. The molecule has 1 saturated heterocycles. The van der Waals surface area contributed by atoms with E-state index in [0.717, 1.165) is 57.3 Å². The third kappa shape index (κ3) is 3.46. The molecule has 1 aliphatic heterocycles. The van der Waals surface area contributed by atoms with Crippen LogP contribution in [0.4, 0.5) is 0 Å². The van der Waals surface area contributed by atoms with Crippen molar-refractivity contribution in [1.29, 1.82) is 0 Å². The number of nitrogens with one attached hydrogen (secondary N) is 1. The number of hydrogen-bond acceptors (Lipinski definition) is 3. The van der Waals surface area contributed by atoms with Crippen LogP contribution in [0.25, 0.3) is 0 Å². The third-order valence-electron chi connectivity index (χ3n) is 6.84. The lowest BCUT2D eigenvalue weighted by atomic mass is 9.86. The second-order valence-electron chi connectivity index (χ2n) is 8.51. The first kappa shape index (κ1) is 16.4. The van der Waals surface area contributed by atoms with Crippen molar-refractivity contribution in [1.82, 2.24) is 15.1 Å². The molecule has 1 heterocycles. The lowest BCUT2D eigenvalue weighted by Gasteiger charge is -2.38. The number of rotatable bonds is 5. The van der Waals surface area contributed by atoms with Crippen LogP contribution < -0.4 is 5.32 Å². The fourth-order valence-corrected chi connectivity index (χ4v) is 5.05. The molecule has 4 aliphatic rings. The Kier molecular flexibility index (Phi) is 4.54. The van der Waals surface area contributed by atoms with Gasteiger partial charge in [0.05, 0.1) is 6.04 Å². The molecule has 24 heavy (non-hydrogen) atoms. The van der Waals surface area contributed by atoms with Gasteiger partial charge < -0.3 is 10.2 Å². The first-order valence-electron chi connectivity index (χ1n) is 9.92. The maximum atomic E-state index is 12.6. The van der Waals surface area contributed by atoms with Crippen LogP contribution in [-0.2, 0) is 9.59 Å². The molecule has 2 amide bonds. The van der Waals surface area contributed by atoms with E-state index in [1.807, 2.05) is 11.8 Å². The molecular weight excluding hydrogens is 302 g/mol. The second kappa shape index (κ2) is 6.66. The van der Waals surface area contributed by atoms with Crippen LogP contribution in [-0.4, -0.2) is 59.9 Å². The molecule has 0 aromatic heterocycles. The highest BCUT2D eigenvalue weighted by molar-refractivity contribution is 5.82. The van der Waals surface area contributed by atoms with Gasteiger partial charge in [0.1, 0.15) is 0 Å². The molecule has 3 aliphatic carbocycles. The molecule has 0 spiro atoms. The maximum Gasteiger partial charge on any atom is 0.237 e. The SMILES string of the molecule is C[C@H](C(=O)NC1CC1)N1CCN(C(=O)C[C@H]2C[C@H]3CC[C@H]2C3)CC1. The van der Waals surface area contributed by atoms with Crippen molar-refractivity contribution in [3.8, 4) is 0 Å². The van der Waals surface area contributed by atoms with Crippen LogP contribution in [0.2, 0.25) is 0 Å². The minimum absolute atomic E-state index is 0.0755. The van der Waals surface area contributed by atoms with Crippen molar-refractivity contribution in [2.24, 2.45) is 17.8 Å². The highest BCUT2D eigenvalue weighted by atomic mass is 16.2. The molecule has 5 nitrogen and oxygen atoms in total. The first-order chi connectivity index (χ1) is 11.6. The summed E-state index contributed by atoms with van der Waals surface area (Å²) in [6, 6.07) is 0.345. The van der Waals surface area contributed by atoms with E-state index in [2.05, 4.69) is 10.2 Å². The van der Waals surface area contributed by atoms with Crippen LogP contribution in [0, 0.1) is 17.8 Å². The molecule has 1 N–H and O–H groups in total. The van der Waals surface area contributed by atoms with Crippen LogP contribution in [0.1, 0.15) is 51.9 Å². The monoisotopic (exact) mass is 333 g/mol. The molecule has 5 heteroatoms. The fraction of sp³-hybridized carbons (Fsp3) is 0.895. The van der Waals surface area contributed by atoms with E-state index in [1.54, 1.807) is 0 Å². The van der Waals surface area contributed by atoms with Gasteiger partial charge in [-0.1, -0.05) is 6.42 Å². The van der Waals surface area contributed by atoms with E-state index in [4.69, 9.17) is 0 Å². The van der Waals surface area contributed by atoms with Gasteiger partial charge in [-0.3, -0.25) is 14.5 Å². The number of piperazine rings is 1. The summed E-state index contributed by atoms with van der Waals surface area (Å²) in [5.41, 5.74) is 0. The van der Waals surface area contributed by atoms with E-state index in [1.165, 1.54) is 25.7 Å². The highest BCUT2D eigenvalue weighted by Crippen LogP contribution is 2.49. The predicted molar refractivity (Wildman–Crippen MR) is 92.3 cm³/mol. The number of nitrogens with zero attached hydrogens (tertiary/aromatic N) is 2. The van der Waals surface area contributed by atoms with E-state index in [0.29, 0.717) is 17.9 Å². The van der Waals surface area contributed by atoms with Crippen LogP contribution >= 0.6 is 0 Å². The number of hydrogen-bond donors (Lipinski definition) is 1. The van der Waals surface area contributed by atoms with Gasteiger partial charge in [-0.2, -0.15) is 0 Å². The van der Waals surface area contributed by atoms with Crippen LogP contribution in [0.3, 0.4) is 0 Å². The van der Waals surface area contributed by atoms with Crippen molar-refractivity contribution in [2.75, 3.05) is 26.2 Å². The number of amides is 2. The molecule has 0 aromatic rings. The van der Waals surface area contributed by atoms with Gasteiger partial charge in [0.15, 0.2) is 0 Å². The minimum Gasteiger partial charge on any atom is -0.352 e. The minimum atomic E-state index is -0.0755. The topological polar surface area (TPSA) is 52.7 Å². The van der Waals surface area contributed by atoms with Crippen LogP contribution in [0.15, 0.2) is 0 Å². The predicted octanol–water partition coefficient (Wildman–Crippen LogP) is 1.62. The summed E-state index contributed by atoms with van der Waals surface area (Å²) < 4.78 is 0. The second-order valence-corrected chi connectivity index (χ2v) is 8.51. The third-order valence-corrected chi connectivity index (χ3v) is 6.84. The Morgan fingerprint density at radius 2 is 1.79 bits per heavy atom. The summed E-state index contributed by atoms with van der Waals surface area (Å²) in [6.45, 7) is 5.19. The van der Waals surface area contributed by atoms with Crippen molar-refractivity contribution in [3.05, 3.63) is 0 Å². The zero-order valence-corrected chi connectivity index (χ0v) is 14.9.